The van der Waals surface area contributed by atoms with E-state index in [1.54, 1.807) is 43.7 Å². The molecule has 0 amide bonds. The summed E-state index contributed by atoms with van der Waals surface area (Å²) in [4.78, 5) is 6.39. The monoisotopic (exact) mass is 425 g/mol. The third kappa shape index (κ3) is 5.05. The van der Waals surface area contributed by atoms with Gasteiger partial charge in [-0.05, 0) is 64.8 Å². The van der Waals surface area contributed by atoms with Gasteiger partial charge in [0, 0.05) is 53.1 Å². The standard InChI is InChI=1S/C24H35N5O2/c1-23(2)13-15(14-24(3,4)28-23)29(5)22(26)8-7-18(25)16-11-17-19(12-20(16)30)27-10-9-21(17)31-6/h7-12,15,28,30H,13-14,25-26H2,1-6H3/b18-7-,22-8+. The molecule has 6 N–H and O–H groups in total. The summed E-state index contributed by atoms with van der Waals surface area (Å²) in [6.45, 7) is 8.88. The second-order valence-corrected chi connectivity index (χ2v) is 9.68. The number of methoxy groups -OCH3 is 1. The van der Waals surface area contributed by atoms with Crippen LogP contribution in [0, 0.1) is 0 Å². The average Bonchev–Trinajstić information content (AvgIpc) is 2.67. The number of allylic oxidation sites excluding steroid dienone is 2. The van der Waals surface area contributed by atoms with Crippen LogP contribution in [0.25, 0.3) is 16.6 Å². The van der Waals surface area contributed by atoms with Gasteiger partial charge in [-0.2, -0.15) is 0 Å². The minimum atomic E-state index is 0.0276. The third-order valence-corrected chi connectivity index (χ3v) is 5.91. The van der Waals surface area contributed by atoms with E-state index >= 15 is 0 Å². The number of nitrogens with two attached hydrogens (primary N) is 2. The number of ether oxygens (including phenoxy) is 1. The summed E-state index contributed by atoms with van der Waals surface area (Å²) in [5.41, 5.74) is 14.3. The zero-order chi connectivity index (χ0) is 23.0. The van der Waals surface area contributed by atoms with Crippen molar-refractivity contribution in [2.24, 2.45) is 11.5 Å². The van der Waals surface area contributed by atoms with Crippen molar-refractivity contribution in [3.05, 3.63) is 47.9 Å². The lowest BCUT2D eigenvalue weighted by molar-refractivity contribution is 0.0981. The van der Waals surface area contributed by atoms with E-state index in [-0.39, 0.29) is 16.8 Å². The lowest BCUT2D eigenvalue weighted by Gasteiger charge is -2.49. The number of phenols is 1. The fourth-order valence-corrected chi connectivity index (χ4v) is 4.70. The van der Waals surface area contributed by atoms with Gasteiger partial charge in [0.25, 0.3) is 0 Å². The van der Waals surface area contributed by atoms with Crippen molar-refractivity contribution in [3.63, 3.8) is 0 Å². The van der Waals surface area contributed by atoms with Crippen LogP contribution in [0.5, 0.6) is 11.5 Å². The average molecular weight is 426 g/mol. The first-order valence-electron chi connectivity index (χ1n) is 10.5. The second kappa shape index (κ2) is 8.30. The highest BCUT2D eigenvalue weighted by Crippen LogP contribution is 2.33. The van der Waals surface area contributed by atoms with Crippen molar-refractivity contribution in [2.75, 3.05) is 14.2 Å². The Bertz CT molecular complexity index is 1010. The van der Waals surface area contributed by atoms with Gasteiger partial charge in [-0.25, -0.2) is 0 Å². The lowest BCUT2D eigenvalue weighted by atomic mass is 9.79. The molecule has 7 nitrogen and oxygen atoms in total. The number of benzene rings is 1. The summed E-state index contributed by atoms with van der Waals surface area (Å²) in [5, 5.41) is 14.9. The predicted octanol–water partition coefficient (Wildman–Crippen LogP) is 3.29. The molecule has 0 bridgehead atoms. The minimum Gasteiger partial charge on any atom is -0.507 e. The van der Waals surface area contributed by atoms with Crippen molar-refractivity contribution < 1.29 is 9.84 Å². The number of hydrogen-bond donors (Lipinski definition) is 4. The first-order valence-corrected chi connectivity index (χ1v) is 10.5. The molecule has 0 radical (unpaired) electrons. The van der Waals surface area contributed by atoms with E-state index in [9.17, 15) is 5.11 Å². The highest BCUT2D eigenvalue weighted by atomic mass is 16.5. The SMILES string of the molecule is COc1ccnc2cc(O)c(/C(N)=C/C=C(\N)N(C)C3CC(C)(C)NC(C)(C)C3)cc12. The van der Waals surface area contributed by atoms with E-state index in [0.29, 0.717) is 34.4 Å². The number of piperidine rings is 1. The summed E-state index contributed by atoms with van der Waals surface area (Å²) < 4.78 is 5.41. The molecule has 1 aromatic heterocycles. The van der Waals surface area contributed by atoms with Crippen LogP contribution < -0.4 is 21.5 Å². The summed E-state index contributed by atoms with van der Waals surface area (Å²) >= 11 is 0. The van der Waals surface area contributed by atoms with Gasteiger partial charge < -0.3 is 31.5 Å². The molecule has 0 aliphatic carbocycles. The first kappa shape index (κ1) is 22.7. The number of nitrogens with zero attached hydrogens (tertiary/aromatic N) is 2. The molecular weight excluding hydrogens is 390 g/mol. The molecular formula is C24H35N5O2. The van der Waals surface area contributed by atoms with Crippen LogP contribution in [0.2, 0.25) is 0 Å². The molecule has 3 rings (SSSR count). The molecule has 1 aromatic carbocycles. The fourth-order valence-electron chi connectivity index (χ4n) is 4.70. The maximum atomic E-state index is 10.5. The molecule has 1 aliphatic heterocycles. The second-order valence-electron chi connectivity index (χ2n) is 9.68. The quantitative estimate of drug-likeness (QED) is 0.544. The Kier molecular flexibility index (Phi) is 6.09. The van der Waals surface area contributed by atoms with Crippen LogP contribution in [0.15, 0.2) is 42.4 Å². The number of nitrogens with one attached hydrogen (secondary N) is 1. The first-order chi connectivity index (χ1) is 14.4. The zero-order valence-electron chi connectivity index (χ0n) is 19.4. The molecule has 1 saturated heterocycles. The van der Waals surface area contributed by atoms with Gasteiger partial charge in [-0.1, -0.05) is 0 Å². The van der Waals surface area contributed by atoms with Gasteiger partial charge in [0.1, 0.15) is 11.5 Å². The number of phenolic OH excluding ortho intramolecular Hbond substituents is 1. The van der Waals surface area contributed by atoms with E-state index in [1.165, 1.54) is 0 Å². The Balaban J connectivity index is 1.87. The number of rotatable bonds is 5. The highest BCUT2D eigenvalue weighted by Gasteiger charge is 2.39. The van der Waals surface area contributed by atoms with Crippen LogP contribution in [-0.4, -0.2) is 46.3 Å². The molecule has 1 fully saturated rings. The van der Waals surface area contributed by atoms with Crippen LogP contribution in [-0.2, 0) is 0 Å². The Morgan fingerprint density at radius 2 is 1.84 bits per heavy atom. The Hall–Kier alpha value is -2.93. The smallest absolute Gasteiger partial charge is 0.129 e. The number of hydrogen-bond acceptors (Lipinski definition) is 7. The largest absolute Gasteiger partial charge is 0.507 e. The van der Waals surface area contributed by atoms with E-state index in [2.05, 4.69) is 42.9 Å². The van der Waals surface area contributed by atoms with Crippen LogP contribution in [0.3, 0.4) is 0 Å². The Morgan fingerprint density at radius 1 is 1.19 bits per heavy atom. The number of aromatic hydroxyl groups is 1. The molecule has 0 unspecified atom stereocenters. The van der Waals surface area contributed by atoms with E-state index in [1.807, 2.05) is 7.05 Å². The summed E-state index contributed by atoms with van der Waals surface area (Å²) in [5.74, 6) is 1.36. The zero-order valence-corrected chi connectivity index (χ0v) is 19.4. The fraction of sp³-hybridized carbons (Fsp3) is 0.458. The van der Waals surface area contributed by atoms with Crippen molar-refractivity contribution >= 4 is 16.6 Å². The maximum Gasteiger partial charge on any atom is 0.129 e. The molecule has 7 heteroatoms. The summed E-state index contributed by atoms with van der Waals surface area (Å²) in [7, 11) is 3.62. The van der Waals surface area contributed by atoms with Crippen LogP contribution in [0.4, 0.5) is 0 Å². The Morgan fingerprint density at radius 3 is 2.45 bits per heavy atom. The molecule has 0 saturated carbocycles. The molecule has 31 heavy (non-hydrogen) atoms. The molecule has 2 aromatic rings. The van der Waals surface area contributed by atoms with E-state index in [4.69, 9.17) is 16.2 Å². The predicted molar refractivity (Wildman–Crippen MR) is 126 cm³/mol. The molecule has 2 heterocycles. The molecule has 1 aliphatic rings. The number of pyridine rings is 1. The van der Waals surface area contributed by atoms with Gasteiger partial charge in [0.2, 0.25) is 0 Å². The third-order valence-electron chi connectivity index (χ3n) is 5.91. The topological polar surface area (TPSA) is 110 Å². The van der Waals surface area contributed by atoms with E-state index in [0.717, 1.165) is 18.2 Å². The maximum absolute atomic E-state index is 10.5. The summed E-state index contributed by atoms with van der Waals surface area (Å²) in [6, 6.07) is 5.46. The molecule has 168 valence electrons. The Labute approximate surface area is 184 Å². The number of aromatic nitrogens is 1. The van der Waals surface area contributed by atoms with Crippen LogP contribution >= 0.6 is 0 Å². The van der Waals surface area contributed by atoms with Crippen LogP contribution in [0.1, 0.15) is 46.1 Å². The minimum absolute atomic E-state index is 0.0276. The van der Waals surface area contributed by atoms with Crippen molar-refractivity contribution in [1.82, 2.24) is 15.2 Å². The van der Waals surface area contributed by atoms with Crippen molar-refractivity contribution in [3.8, 4) is 11.5 Å². The van der Waals surface area contributed by atoms with Gasteiger partial charge in [-0.15, -0.1) is 0 Å². The summed E-state index contributed by atoms with van der Waals surface area (Å²) in [6.07, 6.45) is 7.13. The lowest BCUT2D eigenvalue weighted by Crippen LogP contribution is -2.61. The van der Waals surface area contributed by atoms with Gasteiger partial charge in [0.15, 0.2) is 0 Å². The molecule has 0 atom stereocenters. The molecule has 0 spiro atoms. The van der Waals surface area contributed by atoms with Crippen molar-refractivity contribution in [2.45, 2.75) is 57.7 Å². The normalized spacial score (nSPS) is 19.4. The number of fused-ring (bicyclic) bond motifs is 1. The van der Waals surface area contributed by atoms with Gasteiger partial charge in [0.05, 0.1) is 18.4 Å². The van der Waals surface area contributed by atoms with Gasteiger partial charge in [-0.3, -0.25) is 4.98 Å². The van der Waals surface area contributed by atoms with Crippen molar-refractivity contribution in [1.29, 1.82) is 0 Å². The van der Waals surface area contributed by atoms with Gasteiger partial charge >= 0.3 is 0 Å². The van der Waals surface area contributed by atoms with E-state index < -0.39 is 0 Å². The highest BCUT2D eigenvalue weighted by molar-refractivity contribution is 5.90.